The van der Waals surface area contributed by atoms with Crippen LogP contribution < -0.4 is 15.5 Å². The number of aryl methyl sites for hydroxylation is 3. The van der Waals surface area contributed by atoms with E-state index < -0.39 is 5.66 Å². The second-order valence-electron chi connectivity index (χ2n) is 9.69. The summed E-state index contributed by atoms with van der Waals surface area (Å²) in [5.41, 5.74) is 5.44. The number of benzene rings is 2. The molecule has 8 nitrogen and oxygen atoms in total. The van der Waals surface area contributed by atoms with Gasteiger partial charge in [0.05, 0.1) is 5.66 Å². The monoisotopic (exact) mass is 517 g/mol. The van der Waals surface area contributed by atoms with Crippen molar-refractivity contribution in [2.75, 3.05) is 24.5 Å². The molecular formula is C28H32ClN7O. The van der Waals surface area contributed by atoms with Gasteiger partial charge in [0.15, 0.2) is 17.0 Å². The maximum Gasteiger partial charge on any atom is 0.208 e. The Labute approximate surface area is 222 Å². The molecule has 4 aromatic rings. The lowest BCUT2D eigenvalue weighted by Gasteiger charge is -2.42. The average Bonchev–Trinajstić information content (AvgIpc) is 3.24. The minimum atomic E-state index is -0.402. The summed E-state index contributed by atoms with van der Waals surface area (Å²) in [5.74, 6) is 2.31. The second-order valence-corrected chi connectivity index (χ2v) is 10.1. The number of anilines is 1. The van der Waals surface area contributed by atoms with E-state index in [1.807, 2.05) is 31.2 Å². The molecule has 0 spiro atoms. The van der Waals surface area contributed by atoms with Crippen molar-refractivity contribution in [2.24, 2.45) is 0 Å². The number of piperidine rings is 1. The SMILES string of the molecule is CCNC1(NC=O)CCN(c2nc(C)nc3c2nc(-c2ccc(C)cc2C)n3-c2ccc(Cl)cc2)CC1. The van der Waals surface area contributed by atoms with Gasteiger partial charge in [-0.15, -0.1) is 0 Å². The van der Waals surface area contributed by atoms with Crippen molar-refractivity contribution in [3.63, 3.8) is 0 Å². The summed E-state index contributed by atoms with van der Waals surface area (Å²) in [4.78, 5) is 28.5. The van der Waals surface area contributed by atoms with Crippen LogP contribution in [-0.2, 0) is 4.79 Å². The highest BCUT2D eigenvalue weighted by Crippen LogP contribution is 2.35. The van der Waals surface area contributed by atoms with Crippen LogP contribution >= 0.6 is 11.6 Å². The van der Waals surface area contributed by atoms with Crippen LogP contribution in [0.5, 0.6) is 0 Å². The van der Waals surface area contributed by atoms with Crippen LogP contribution in [-0.4, -0.2) is 51.2 Å². The van der Waals surface area contributed by atoms with Crippen molar-refractivity contribution in [2.45, 2.75) is 46.2 Å². The first-order chi connectivity index (χ1) is 17.8. The standard InChI is InChI=1S/C28H32ClN7O/c1-5-30-28(31-17-37)12-14-35(15-13-28)26-24-27(33-20(4)32-26)36(22-9-7-21(29)8-10-22)25(34-24)23-11-6-18(2)16-19(23)3/h6-11,16-17,30H,5,12-15H2,1-4H3,(H,31,37). The summed E-state index contributed by atoms with van der Waals surface area (Å²) >= 11 is 6.22. The van der Waals surface area contributed by atoms with Gasteiger partial charge in [0.25, 0.3) is 0 Å². The van der Waals surface area contributed by atoms with Gasteiger partial charge >= 0.3 is 0 Å². The van der Waals surface area contributed by atoms with Crippen molar-refractivity contribution in [3.8, 4) is 17.1 Å². The first-order valence-corrected chi connectivity index (χ1v) is 13.0. The van der Waals surface area contributed by atoms with Gasteiger partial charge in [0.1, 0.15) is 11.6 Å². The molecule has 9 heteroatoms. The van der Waals surface area contributed by atoms with Crippen molar-refractivity contribution in [1.82, 2.24) is 30.2 Å². The van der Waals surface area contributed by atoms with E-state index in [1.54, 1.807) is 0 Å². The summed E-state index contributed by atoms with van der Waals surface area (Å²) < 4.78 is 2.10. The fourth-order valence-electron chi connectivity index (χ4n) is 5.27. The molecule has 0 aliphatic carbocycles. The third kappa shape index (κ3) is 4.79. The lowest BCUT2D eigenvalue weighted by Crippen LogP contribution is -2.61. The number of nitrogens with one attached hydrogen (secondary N) is 2. The summed E-state index contributed by atoms with van der Waals surface area (Å²) in [6.45, 7) is 10.4. The largest absolute Gasteiger partial charge is 0.354 e. The predicted molar refractivity (Wildman–Crippen MR) is 148 cm³/mol. The highest BCUT2D eigenvalue weighted by atomic mass is 35.5. The number of aromatic nitrogens is 4. The van der Waals surface area contributed by atoms with Gasteiger partial charge in [-0.2, -0.15) is 0 Å². The minimum Gasteiger partial charge on any atom is -0.354 e. The fraction of sp³-hybridized carbons (Fsp3) is 0.357. The molecule has 1 aliphatic heterocycles. The number of nitrogens with zero attached hydrogens (tertiary/aromatic N) is 5. The molecule has 0 bridgehead atoms. The predicted octanol–water partition coefficient (Wildman–Crippen LogP) is 4.71. The first-order valence-electron chi connectivity index (χ1n) is 12.7. The van der Waals surface area contributed by atoms with Gasteiger partial charge in [-0.3, -0.25) is 14.7 Å². The maximum absolute atomic E-state index is 11.3. The summed E-state index contributed by atoms with van der Waals surface area (Å²) in [6.07, 6.45) is 2.30. The number of hydrogen-bond donors (Lipinski definition) is 2. The molecule has 2 N–H and O–H groups in total. The normalized spacial score (nSPS) is 15.2. The molecule has 1 fully saturated rings. The quantitative estimate of drug-likeness (QED) is 0.272. The Kier molecular flexibility index (Phi) is 6.88. The van der Waals surface area contributed by atoms with E-state index in [0.29, 0.717) is 10.8 Å². The van der Waals surface area contributed by atoms with Crippen LogP contribution in [0.15, 0.2) is 42.5 Å². The van der Waals surface area contributed by atoms with Gasteiger partial charge in [0.2, 0.25) is 6.41 Å². The molecule has 0 atom stereocenters. The number of amides is 1. The van der Waals surface area contributed by atoms with E-state index in [1.165, 1.54) is 5.56 Å². The van der Waals surface area contributed by atoms with Crippen molar-refractivity contribution < 1.29 is 4.79 Å². The lowest BCUT2D eigenvalue weighted by molar-refractivity contribution is -0.111. The minimum absolute atomic E-state index is 0.402. The topological polar surface area (TPSA) is 88.0 Å². The Bertz CT molecular complexity index is 1440. The molecule has 2 aromatic heterocycles. The third-order valence-electron chi connectivity index (χ3n) is 7.07. The highest BCUT2D eigenvalue weighted by molar-refractivity contribution is 6.30. The second kappa shape index (κ2) is 10.1. The average molecular weight is 518 g/mol. The van der Waals surface area contributed by atoms with Gasteiger partial charge < -0.3 is 10.2 Å². The molecule has 1 amide bonds. The number of fused-ring (bicyclic) bond motifs is 1. The molecular weight excluding hydrogens is 486 g/mol. The molecule has 3 heterocycles. The van der Waals surface area contributed by atoms with Crippen LogP contribution in [0.25, 0.3) is 28.2 Å². The Balaban J connectivity index is 1.66. The molecule has 0 radical (unpaired) electrons. The molecule has 1 saturated heterocycles. The Morgan fingerprint density at radius 3 is 2.41 bits per heavy atom. The third-order valence-corrected chi connectivity index (χ3v) is 7.33. The van der Waals surface area contributed by atoms with Gasteiger partial charge in [-0.1, -0.05) is 42.3 Å². The van der Waals surface area contributed by atoms with E-state index >= 15 is 0 Å². The first kappa shape index (κ1) is 25.2. The van der Waals surface area contributed by atoms with Gasteiger partial charge in [-0.25, -0.2) is 15.0 Å². The summed E-state index contributed by atoms with van der Waals surface area (Å²) in [7, 11) is 0. The zero-order chi connectivity index (χ0) is 26.2. The van der Waals surface area contributed by atoms with Crippen LogP contribution in [0.4, 0.5) is 5.82 Å². The van der Waals surface area contributed by atoms with E-state index in [0.717, 1.165) is 78.5 Å². The van der Waals surface area contributed by atoms with Crippen LogP contribution in [0.1, 0.15) is 36.7 Å². The molecule has 192 valence electrons. The fourth-order valence-corrected chi connectivity index (χ4v) is 5.40. The van der Waals surface area contributed by atoms with E-state index in [2.05, 4.69) is 59.1 Å². The molecule has 0 unspecified atom stereocenters. The van der Waals surface area contributed by atoms with Crippen LogP contribution in [0.2, 0.25) is 5.02 Å². The highest BCUT2D eigenvalue weighted by Gasteiger charge is 2.35. The van der Waals surface area contributed by atoms with Gasteiger partial charge in [-0.05, 0) is 57.1 Å². The lowest BCUT2D eigenvalue weighted by atomic mass is 9.96. The van der Waals surface area contributed by atoms with Gasteiger partial charge in [0, 0.05) is 42.2 Å². The summed E-state index contributed by atoms with van der Waals surface area (Å²) in [5, 5.41) is 7.14. The maximum atomic E-state index is 11.3. The Morgan fingerprint density at radius 2 is 1.76 bits per heavy atom. The van der Waals surface area contributed by atoms with E-state index in [4.69, 9.17) is 26.6 Å². The molecule has 2 aromatic carbocycles. The van der Waals surface area contributed by atoms with Crippen molar-refractivity contribution >= 4 is 35.0 Å². The van der Waals surface area contributed by atoms with Crippen LogP contribution in [0, 0.1) is 20.8 Å². The van der Waals surface area contributed by atoms with E-state index in [-0.39, 0.29) is 0 Å². The number of carbonyl (C=O) groups is 1. The number of carbonyl (C=O) groups excluding carboxylic acids is 1. The molecule has 37 heavy (non-hydrogen) atoms. The summed E-state index contributed by atoms with van der Waals surface area (Å²) in [6, 6.07) is 14.1. The molecule has 0 saturated carbocycles. The van der Waals surface area contributed by atoms with Crippen molar-refractivity contribution in [3.05, 3.63) is 64.4 Å². The smallest absolute Gasteiger partial charge is 0.208 e. The zero-order valence-electron chi connectivity index (χ0n) is 21.7. The number of halogens is 1. The molecule has 1 aliphatic rings. The number of rotatable bonds is 7. The number of imidazole rings is 1. The van der Waals surface area contributed by atoms with E-state index in [9.17, 15) is 4.79 Å². The van der Waals surface area contributed by atoms with Crippen LogP contribution in [0.3, 0.4) is 0 Å². The zero-order valence-corrected chi connectivity index (χ0v) is 22.4. The Hall–Kier alpha value is -3.49. The van der Waals surface area contributed by atoms with Crippen molar-refractivity contribution in [1.29, 1.82) is 0 Å². The Morgan fingerprint density at radius 1 is 1.03 bits per heavy atom. The molecule has 5 rings (SSSR count). The number of hydrogen-bond acceptors (Lipinski definition) is 6.